The van der Waals surface area contributed by atoms with Crippen LogP contribution in [0.4, 0.5) is 0 Å². The van der Waals surface area contributed by atoms with Crippen LogP contribution in [0.1, 0.15) is 11.1 Å². The van der Waals surface area contributed by atoms with Crippen molar-refractivity contribution >= 4 is 25.0 Å². The van der Waals surface area contributed by atoms with E-state index in [1.807, 2.05) is 18.2 Å². The second-order valence-corrected chi connectivity index (χ2v) is 4.93. The van der Waals surface area contributed by atoms with Gasteiger partial charge in [-0.05, 0) is 29.7 Å². The largest absolute Gasteiger partial charge is 0.492 e. The van der Waals surface area contributed by atoms with Gasteiger partial charge in [0.05, 0.1) is 0 Å². The Morgan fingerprint density at radius 2 is 1.55 bits per heavy atom. The van der Waals surface area contributed by atoms with Crippen LogP contribution >= 0.6 is 25.0 Å². The van der Waals surface area contributed by atoms with E-state index in [-0.39, 0.29) is 18.4 Å². The minimum Gasteiger partial charge on any atom is -0.492 e. The van der Waals surface area contributed by atoms with E-state index in [2.05, 4.69) is 49.0 Å². The van der Waals surface area contributed by atoms with Crippen LogP contribution in [0, 0.1) is 0 Å². The number of benzene rings is 2. The van der Waals surface area contributed by atoms with Gasteiger partial charge in [0.2, 0.25) is 0 Å². The van der Waals surface area contributed by atoms with Crippen LogP contribution < -0.4 is 10.5 Å². The highest BCUT2D eigenvalue weighted by Gasteiger charge is 2.01. The molecule has 0 bridgehead atoms. The van der Waals surface area contributed by atoms with E-state index >= 15 is 0 Å². The summed E-state index contributed by atoms with van der Waals surface area (Å²) in [5.74, 6) is 1.49. The van der Waals surface area contributed by atoms with Gasteiger partial charge in [-0.3, -0.25) is 0 Å². The molecule has 0 aliphatic carbocycles. The molecule has 0 spiro atoms. The van der Waals surface area contributed by atoms with Crippen molar-refractivity contribution in [1.82, 2.24) is 0 Å². The lowest BCUT2D eigenvalue weighted by atomic mass is 10.1. The molecule has 0 aliphatic heterocycles. The van der Waals surface area contributed by atoms with Crippen molar-refractivity contribution in [2.24, 2.45) is 5.73 Å². The monoisotopic (exact) mass is 309 g/mol. The quantitative estimate of drug-likeness (QED) is 0.803. The highest BCUT2D eigenvalue weighted by Crippen LogP contribution is 2.15. The SMILES string of the molecule is Cl.NC(CS)COc1ccc(Cc2ccccc2)cc1. The first kappa shape index (κ1) is 16.9. The maximum atomic E-state index is 5.75. The molecular formula is C16H20ClNOS. The number of ether oxygens (including phenoxy) is 1. The van der Waals surface area contributed by atoms with E-state index in [9.17, 15) is 0 Å². The summed E-state index contributed by atoms with van der Waals surface area (Å²) in [5, 5.41) is 0. The Kier molecular flexibility index (Phi) is 7.52. The summed E-state index contributed by atoms with van der Waals surface area (Å²) in [4.78, 5) is 0. The second kappa shape index (κ2) is 8.90. The maximum Gasteiger partial charge on any atom is 0.119 e. The topological polar surface area (TPSA) is 35.2 Å². The highest BCUT2D eigenvalue weighted by atomic mass is 35.5. The van der Waals surface area contributed by atoms with Crippen molar-refractivity contribution in [2.45, 2.75) is 12.5 Å². The molecule has 20 heavy (non-hydrogen) atoms. The first-order chi connectivity index (χ1) is 9.28. The molecule has 1 atom stereocenters. The molecule has 2 aromatic carbocycles. The average molecular weight is 310 g/mol. The van der Waals surface area contributed by atoms with E-state index in [4.69, 9.17) is 10.5 Å². The number of halogens is 1. The lowest BCUT2D eigenvalue weighted by Crippen LogP contribution is -2.29. The summed E-state index contributed by atoms with van der Waals surface area (Å²) in [5.41, 5.74) is 8.34. The molecule has 0 amide bonds. The molecular weight excluding hydrogens is 290 g/mol. The Hall–Kier alpha value is -1.16. The number of thiol groups is 1. The third-order valence-corrected chi connectivity index (χ3v) is 3.34. The molecule has 0 saturated heterocycles. The Labute approximate surface area is 132 Å². The molecule has 0 heterocycles. The molecule has 0 fully saturated rings. The normalized spacial score (nSPS) is 11.5. The molecule has 2 aromatic rings. The van der Waals surface area contributed by atoms with Gasteiger partial charge in [0.15, 0.2) is 0 Å². The van der Waals surface area contributed by atoms with E-state index in [0.29, 0.717) is 12.4 Å². The van der Waals surface area contributed by atoms with Crippen LogP contribution in [0.2, 0.25) is 0 Å². The van der Waals surface area contributed by atoms with Gasteiger partial charge in [-0.2, -0.15) is 12.6 Å². The van der Waals surface area contributed by atoms with Crippen molar-refractivity contribution < 1.29 is 4.74 Å². The van der Waals surface area contributed by atoms with Crippen molar-refractivity contribution in [3.05, 3.63) is 65.7 Å². The Balaban J connectivity index is 0.00000200. The molecule has 0 aromatic heterocycles. The van der Waals surface area contributed by atoms with Crippen molar-refractivity contribution in [2.75, 3.05) is 12.4 Å². The minimum atomic E-state index is -0.0210. The van der Waals surface area contributed by atoms with Crippen LogP contribution in [-0.2, 0) is 6.42 Å². The van der Waals surface area contributed by atoms with Crippen LogP contribution in [0.3, 0.4) is 0 Å². The molecule has 4 heteroatoms. The molecule has 0 saturated carbocycles. The van der Waals surface area contributed by atoms with E-state index in [1.54, 1.807) is 0 Å². The predicted molar refractivity (Wildman–Crippen MR) is 90.3 cm³/mol. The van der Waals surface area contributed by atoms with Crippen molar-refractivity contribution in [3.63, 3.8) is 0 Å². The zero-order valence-electron chi connectivity index (χ0n) is 11.2. The fourth-order valence-corrected chi connectivity index (χ4v) is 1.90. The maximum absolute atomic E-state index is 5.75. The number of hydrogen-bond donors (Lipinski definition) is 2. The number of nitrogens with two attached hydrogens (primary N) is 1. The molecule has 1 unspecified atom stereocenters. The van der Waals surface area contributed by atoms with E-state index in [1.165, 1.54) is 11.1 Å². The van der Waals surface area contributed by atoms with Crippen molar-refractivity contribution in [3.8, 4) is 5.75 Å². The van der Waals surface area contributed by atoms with Crippen LogP contribution in [0.5, 0.6) is 5.75 Å². The Morgan fingerprint density at radius 3 is 2.15 bits per heavy atom. The summed E-state index contributed by atoms with van der Waals surface area (Å²) in [6, 6.07) is 18.6. The van der Waals surface area contributed by atoms with Crippen LogP contribution in [0.25, 0.3) is 0 Å². The summed E-state index contributed by atoms with van der Waals surface area (Å²) < 4.78 is 5.59. The summed E-state index contributed by atoms with van der Waals surface area (Å²) in [7, 11) is 0. The summed E-state index contributed by atoms with van der Waals surface area (Å²) in [6.45, 7) is 0.502. The third kappa shape index (κ3) is 5.45. The molecule has 2 N–H and O–H groups in total. The first-order valence-electron chi connectivity index (χ1n) is 6.40. The van der Waals surface area contributed by atoms with Gasteiger partial charge >= 0.3 is 0 Å². The lowest BCUT2D eigenvalue weighted by Gasteiger charge is -2.11. The van der Waals surface area contributed by atoms with Gasteiger partial charge in [-0.1, -0.05) is 42.5 Å². The van der Waals surface area contributed by atoms with Crippen molar-refractivity contribution in [1.29, 1.82) is 0 Å². The zero-order chi connectivity index (χ0) is 13.5. The highest BCUT2D eigenvalue weighted by molar-refractivity contribution is 7.80. The number of rotatable bonds is 6. The molecule has 0 radical (unpaired) electrons. The molecule has 2 nitrogen and oxygen atoms in total. The van der Waals surface area contributed by atoms with Gasteiger partial charge in [0, 0.05) is 11.8 Å². The van der Waals surface area contributed by atoms with Crippen LogP contribution in [0.15, 0.2) is 54.6 Å². The lowest BCUT2D eigenvalue weighted by molar-refractivity contribution is 0.298. The second-order valence-electron chi connectivity index (χ2n) is 4.56. The van der Waals surface area contributed by atoms with E-state index < -0.39 is 0 Å². The predicted octanol–water partition coefficient (Wildman–Crippen LogP) is 3.34. The van der Waals surface area contributed by atoms with E-state index in [0.717, 1.165) is 12.2 Å². The fraction of sp³-hybridized carbons (Fsp3) is 0.250. The first-order valence-corrected chi connectivity index (χ1v) is 7.03. The van der Waals surface area contributed by atoms with Crippen LogP contribution in [-0.4, -0.2) is 18.4 Å². The summed E-state index contributed by atoms with van der Waals surface area (Å²) >= 11 is 4.13. The minimum absolute atomic E-state index is 0. The molecule has 108 valence electrons. The third-order valence-electron chi connectivity index (χ3n) is 2.87. The average Bonchev–Trinajstić information content (AvgIpc) is 2.47. The summed E-state index contributed by atoms with van der Waals surface area (Å²) in [6.07, 6.45) is 0.942. The smallest absolute Gasteiger partial charge is 0.119 e. The number of hydrogen-bond acceptors (Lipinski definition) is 3. The molecule has 2 rings (SSSR count). The Bertz CT molecular complexity index is 490. The standard InChI is InChI=1S/C16H19NOS.ClH/c17-15(12-19)11-18-16-8-6-14(7-9-16)10-13-4-2-1-3-5-13;/h1-9,15,19H,10-12,17H2;1H. The van der Waals surface area contributed by atoms with Gasteiger partial charge < -0.3 is 10.5 Å². The zero-order valence-corrected chi connectivity index (χ0v) is 12.9. The van der Waals surface area contributed by atoms with Gasteiger partial charge in [0.25, 0.3) is 0 Å². The van der Waals surface area contributed by atoms with Gasteiger partial charge in [0.1, 0.15) is 12.4 Å². The van der Waals surface area contributed by atoms with Gasteiger partial charge in [-0.15, -0.1) is 12.4 Å². The van der Waals surface area contributed by atoms with Gasteiger partial charge in [-0.25, -0.2) is 0 Å². The fourth-order valence-electron chi connectivity index (χ4n) is 1.79. The molecule has 0 aliphatic rings. The Morgan fingerprint density at radius 1 is 0.950 bits per heavy atom.